The van der Waals surface area contributed by atoms with Crippen molar-refractivity contribution in [2.45, 2.75) is 37.3 Å². The summed E-state index contributed by atoms with van der Waals surface area (Å²) < 4.78 is 19.9. The molecule has 3 unspecified atom stereocenters. The van der Waals surface area contributed by atoms with Gasteiger partial charge in [0, 0.05) is 29.0 Å². The highest BCUT2D eigenvalue weighted by molar-refractivity contribution is 7.99. The van der Waals surface area contributed by atoms with Crippen molar-refractivity contribution < 1.29 is 9.13 Å². The van der Waals surface area contributed by atoms with Gasteiger partial charge >= 0.3 is 0 Å². The second-order valence-electron chi connectivity index (χ2n) is 6.16. The van der Waals surface area contributed by atoms with Gasteiger partial charge in [0.05, 0.1) is 5.60 Å². The smallest absolute Gasteiger partial charge is 0.127 e. The zero-order chi connectivity index (χ0) is 14.9. The van der Waals surface area contributed by atoms with Crippen LogP contribution in [0.2, 0.25) is 5.02 Å². The monoisotopic (exact) mass is 329 g/mol. The molecule has 0 amide bonds. The van der Waals surface area contributed by atoms with Gasteiger partial charge in [0.1, 0.15) is 5.82 Å². The first-order valence-electron chi connectivity index (χ1n) is 7.50. The van der Waals surface area contributed by atoms with Gasteiger partial charge in [-0.2, -0.15) is 11.8 Å². The number of halogens is 2. The molecule has 3 atom stereocenters. The third kappa shape index (κ3) is 3.39. The molecule has 0 saturated carbocycles. The first-order chi connectivity index (χ1) is 10.1. The van der Waals surface area contributed by atoms with E-state index in [1.54, 1.807) is 12.1 Å². The highest BCUT2D eigenvalue weighted by Crippen LogP contribution is 2.41. The van der Waals surface area contributed by atoms with Crippen LogP contribution in [-0.4, -0.2) is 29.8 Å². The molecule has 2 nitrogen and oxygen atoms in total. The van der Waals surface area contributed by atoms with Crippen molar-refractivity contribution in [2.24, 2.45) is 11.7 Å². The summed E-state index contributed by atoms with van der Waals surface area (Å²) in [7, 11) is 0. The lowest BCUT2D eigenvalue weighted by Crippen LogP contribution is -2.46. The molecule has 0 radical (unpaired) electrons. The average Bonchev–Trinajstić information content (AvgIpc) is 2.91. The Morgan fingerprint density at radius 2 is 2.38 bits per heavy atom. The summed E-state index contributed by atoms with van der Waals surface area (Å²) in [5, 5.41) is 0.476. The zero-order valence-electron chi connectivity index (χ0n) is 12.0. The lowest BCUT2D eigenvalue weighted by Gasteiger charge is -2.40. The Balaban J connectivity index is 1.69. The van der Waals surface area contributed by atoms with Gasteiger partial charge in [-0.1, -0.05) is 17.7 Å². The Bertz CT molecular complexity index is 487. The number of ether oxygens (including phenoxy) is 1. The van der Waals surface area contributed by atoms with E-state index in [-0.39, 0.29) is 17.5 Å². The summed E-state index contributed by atoms with van der Waals surface area (Å²) >= 11 is 8.06. The van der Waals surface area contributed by atoms with Crippen molar-refractivity contribution in [1.29, 1.82) is 0 Å². The molecule has 2 fully saturated rings. The lowest BCUT2D eigenvalue weighted by molar-refractivity contribution is -0.0831. The Hall–Kier alpha value is -0.290. The van der Waals surface area contributed by atoms with Gasteiger partial charge in [-0.05, 0) is 49.5 Å². The minimum absolute atomic E-state index is 0.0181. The van der Waals surface area contributed by atoms with Gasteiger partial charge in [-0.25, -0.2) is 4.39 Å². The highest BCUT2D eigenvalue weighted by atomic mass is 35.5. The van der Waals surface area contributed by atoms with E-state index < -0.39 is 0 Å². The Morgan fingerprint density at radius 3 is 3.10 bits per heavy atom. The minimum Gasteiger partial charge on any atom is -0.374 e. The summed E-state index contributed by atoms with van der Waals surface area (Å²) in [6.07, 6.45) is 3.56. The molecule has 2 aliphatic rings. The summed E-state index contributed by atoms with van der Waals surface area (Å²) in [6, 6.07) is 4.75. The third-order valence-corrected chi connectivity index (χ3v) is 6.28. The van der Waals surface area contributed by atoms with E-state index in [0.29, 0.717) is 22.9 Å². The van der Waals surface area contributed by atoms with Crippen molar-refractivity contribution in [2.75, 3.05) is 18.1 Å². The molecule has 3 rings (SSSR count). The van der Waals surface area contributed by atoms with Gasteiger partial charge < -0.3 is 10.5 Å². The quantitative estimate of drug-likeness (QED) is 0.919. The van der Waals surface area contributed by atoms with Gasteiger partial charge in [0.15, 0.2) is 0 Å². The van der Waals surface area contributed by atoms with Crippen molar-refractivity contribution in [3.05, 3.63) is 34.6 Å². The second kappa shape index (κ2) is 6.45. The van der Waals surface area contributed by atoms with E-state index in [1.165, 1.54) is 11.8 Å². The SMILES string of the molecule is NC(Cc1c(F)cccc1Cl)C1CCOC2(CCSC2)C1. The first kappa shape index (κ1) is 15.6. The van der Waals surface area contributed by atoms with Crippen LogP contribution in [-0.2, 0) is 11.2 Å². The molecule has 5 heteroatoms. The molecule has 2 N–H and O–H groups in total. The van der Waals surface area contributed by atoms with Crippen LogP contribution in [0.1, 0.15) is 24.8 Å². The van der Waals surface area contributed by atoms with Crippen molar-refractivity contribution in [3.63, 3.8) is 0 Å². The molecule has 0 aromatic heterocycles. The maximum absolute atomic E-state index is 13.9. The van der Waals surface area contributed by atoms with E-state index >= 15 is 0 Å². The summed E-state index contributed by atoms with van der Waals surface area (Å²) in [5.74, 6) is 2.36. The van der Waals surface area contributed by atoms with Gasteiger partial charge in [0.25, 0.3) is 0 Å². The molecule has 116 valence electrons. The minimum atomic E-state index is -0.254. The molecule has 21 heavy (non-hydrogen) atoms. The Labute approximate surface area is 134 Å². The molecule has 1 spiro atoms. The largest absolute Gasteiger partial charge is 0.374 e. The van der Waals surface area contributed by atoms with Crippen LogP contribution < -0.4 is 5.73 Å². The number of rotatable bonds is 3. The number of nitrogens with two attached hydrogens (primary N) is 1. The van der Waals surface area contributed by atoms with E-state index in [2.05, 4.69) is 0 Å². The first-order valence-corrected chi connectivity index (χ1v) is 9.03. The normalized spacial score (nSPS) is 30.7. The van der Waals surface area contributed by atoms with Crippen LogP contribution >= 0.6 is 23.4 Å². The molecular formula is C16H21ClFNOS. The number of benzene rings is 1. The molecule has 1 aromatic rings. The molecular weight excluding hydrogens is 309 g/mol. The third-order valence-electron chi connectivity index (χ3n) is 4.71. The second-order valence-corrected chi connectivity index (χ2v) is 7.67. The maximum Gasteiger partial charge on any atom is 0.127 e. The fourth-order valence-electron chi connectivity index (χ4n) is 3.42. The molecule has 0 aliphatic carbocycles. The van der Waals surface area contributed by atoms with Crippen LogP contribution in [0, 0.1) is 11.7 Å². The lowest BCUT2D eigenvalue weighted by atomic mass is 9.80. The average molecular weight is 330 g/mol. The predicted molar refractivity (Wildman–Crippen MR) is 86.4 cm³/mol. The van der Waals surface area contributed by atoms with Gasteiger partial charge in [-0.15, -0.1) is 0 Å². The maximum atomic E-state index is 13.9. The molecule has 1 aromatic carbocycles. The number of hydrogen-bond donors (Lipinski definition) is 1. The van der Waals surface area contributed by atoms with Crippen molar-refractivity contribution in [1.82, 2.24) is 0 Å². The Morgan fingerprint density at radius 1 is 1.52 bits per heavy atom. The zero-order valence-corrected chi connectivity index (χ0v) is 13.6. The number of hydrogen-bond acceptors (Lipinski definition) is 3. The fourth-order valence-corrected chi connectivity index (χ4v) is 5.04. The van der Waals surface area contributed by atoms with Crippen molar-refractivity contribution in [3.8, 4) is 0 Å². The predicted octanol–water partition coefficient (Wildman–Crippen LogP) is 3.65. The van der Waals surface area contributed by atoms with E-state index in [1.807, 2.05) is 11.8 Å². The standard InChI is InChI=1S/C16H21ClFNOS/c17-13-2-1-3-14(18)12(13)8-15(19)11-4-6-20-16(9-11)5-7-21-10-16/h1-3,11,15H,4-10,19H2. The van der Waals surface area contributed by atoms with E-state index in [9.17, 15) is 4.39 Å². The van der Waals surface area contributed by atoms with Crippen LogP contribution in [0.4, 0.5) is 4.39 Å². The van der Waals surface area contributed by atoms with Crippen LogP contribution in [0.15, 0.2) is 18.2 Å². The van der Waals surface area contributed by atoms with E-state index in [4.69, 9.17) is 22.1 Å². The van der Waals surface area contributed by atoms with Crippen LogP contribution in [0.3, 0.4) is 0 Å². The van der Waals surface area contributed by atoms with E-state index in [0.717, 1.165) is 31.6 Å². The van der Waals surface area contributed by atoms with Gasteiger partial charge in [0.2, 0.25) is 0 Å². The number of thioether (sulfide) groups is 1. The van der Waals surface area contributed by atoms with Crippen molar-refractivity contribution >= 4 is 23.4 Å². The molecule has 0 bridgehead atoms. The topological polar surface area (TPSA) is 35.2 Å². The Kier molecular flexibility index (Phi) is 4.79. The van der Waals surface area contributed by atoms with Crippen LogP contribution in [0.5, 0.6) is 0 Å². The van der Waals surface area contributed by atoms with Gasteiger partial charge in [-0.3, -0.25) is 0 Å². The molecule has 2 aliphatic heterocycles. The molecule has 2 saturated heterocycles. The van der Waals surface area contributed by atoms with Crippen LogP contribution in [0.25, 0.3) is 0 Å². The fraction of sp³-hybridized carbons (Fsp3) is 0.625. The summed E-state index contributed by atoms with van der Waals surface area (Å²) in [4.78, 5) is 0. The highest BCUT2D eigenvalue weighted by Gasteiger charge is 2.41. The summed E-state index contributed by atoms with van der Waals surface area (Å²) in [5.41, 5.74) is 6.95. The summed E-state index contributed by atoms with van der Waals surface area (Å²) in [6.45, 7) is 0.768. The molecule has 2 heterocycles.